The first-order valence-electron chi connectivity index (χ1n) is 5.92. The maximum atomic E-state index is 11.1. The highest BCUT2D eigenvalue weighted by Gasteiger charge is 2.21. The summed E-state index contributed by atoms with van der Waals surface area (Å²) in [6.45, 7) is 2.48. The standard InChI is InChI=1S/C12H19N3O3/c1-3-5-9(8-13)14-10-6-4-7-11(18-2)12(10)15(16)17/h4,6-7,9,14H,3,5,8,13H2,1-2H3. The molecule has 1 atom stereocenters. The Morgan fingerprint density at radius 2 is 2.28 bits per heavy atom. The Morgan fingerprint density at radius 3 is 2.78 bits per heavy atom. The number of methoxy groups -OCH3 is 1. The Kier molecular flexibility index (Phi) is 5.38. The van der Waals surface area contributed by atoms with Crippen molar-refractivity contribution in [3.8, 4) is 5.75 Å². The van der Waals surface area contributed by atoms with E-state index in [0.717, 1.165) is 12.8 Å². The van der Waals surface area contributed by atoms with Crippen LogP contribution in [0.4, 0.5) is 11.4 Å². The fourth-order valence-corrected chi connectivity index (χ4v) is 1.81. The molecule has 1 unspecified atom stereocenters. The first kappa shape index (κ1) is 14.2. The van der Waals surface area contributed by atoms with Gasteiger partial charge in [0.05, 0.1) is 12.0 Å². The fraction of sp³-hybridized carbons (Fsp3) is 0.500. The number of nitro groups is 1. The van der Waals surface area contributed by atoms with Gasteiger partial charge in [-0.25, -0.2) is 0 Å². The third kappa shape index (κ3) is 3.33. The molecule has 0 saturated heterocycles. The van der Waals surface area contributed by atoms with Gasteiger partial charge in [0.25, 0.3) is 0 Å². The predicted octanol–water partition coefficient (Wildman–Crippen LogP) is 2.14. The molecule has 0 bridgehead atoms. The lowest BCUT2D eigenvalue weighted by Gasteiger charge is -2.17. The number of nitrogens with zero attached hydrogens (tertiary/aromatic N) is 1. The molecule has 6 nitrogen and oxygen atoms in total. The van der Waals surface area contributed by atoms with E-state index in [1.54, 1.807) is 18.2 Å². The van der Waals surface area contributed by atoms with Crippen molar-refractivity contribution in [1.29, 1.82) is 0 Å². The van der Waals surface area contributed by atoms with Crippen LogP contribution < -0.4 is 15.8 Å². The molecule has 1 aromatic rings. The summed E-state index contributed by atoms with van der Waals surface area (Å²) in [5.74, 6) is 0.247. The molecule has 100 valence electrons. The highest BCUT2D eigenvalue weighted by molar-refractivity contribution is 5.68. The number of para-hydroxylation sites is 1. The second kappa shape index (κ2) is 6.80. The minimum Gasteiger partial charge on any atom is -0.490 e. The Labute approximate surface area is 106 Å². The largest absolute Gasteiger partial charge is 0.490 e. The molecule has 6 heteroatoms. The number of benzene rings is 1. The van der Waals surface area contributed by atoms with E-state index in [4.69, 9.17) is 10.5 Å². The summed E-state index contributed by atoms with van der Waals surface area (Å²) in [6.07, 6.45) is 1.83. The highest BCUT2D eigenvalue weighted by Crippen LogP contribution is 2.34. The minimum atomic E-state index is -0.444. The number of rotatable bonds is 7. The maximum absolute atomic E-state index is 11.1. The van der Waals surface area contributed by atoms with Crippen LogP contribution >= 0.6 is 0 Å². The number of nitrogens with two attached hydrogens (primary N) is 1. The van der Waals surface area contributed by atoms with Crippen molar-refractivity contribution in [2.45, 2.75) is 25.8 Å². The summed E-state index contributed by atoms with van der Waals surface area (Å²) in [4.78, 5) is 10.6. The van der Waals surface area contributed by atoms with Gasteiger partial charge in [0.15, 0.2) is 5.75 Å². The molecular weight excluding hydrogens is 234 g/mol. The predicted molar refractivity (Wildman–Crippen MR) is 71.0 cm³/mol. The van der Waals surface area contributed by atoms with Crippen LogP contribution in [0.25, 0.3) is 0 Å². The van der Waals surface area contributed by atoms with Gasteiger partial charge < -0.3 is 15.8 Å². The summed E-state index contributed by atoms with van der Waals surface area (Å²) in [7, 11) is 1.42. The lowest BCUT2D eigenvalue weighted by Crippen LogP contribution is -2.28. The van der Waals surface area contributed by atoms with E-state index >= 15 is 0 Å². The lowest BCUT2D eigenvalue weighted by molar-refractivity contribution is -0.384. The average Bonchev–Trinajstić information content (AvgIpc) is 2.37. The molecule has 3 N–H and O–H groups in total. The molecule has 0 radical (unpaired) electrons. The molecule has 1 rings (SSSR count). The summed E-state index contributed by atoms with van der Waals surface area (Å²) in [5.41, 5.74) is 6.04. The zero-order valence-corrected chi connectivity index (χ0v) is 10.7. The van der Waals surface area contributed by atoms with Gasteiger partial charge in [-0.15, -0.1) is 0 Å². The first-order valence-corrected chi connectivity index (χ1v) is 5.92. The molecule has 0 aliphatic heterocycles. The van der Waals surface area contributed by atoms with Gasteiger partial charge in [0.2, 0.25) is 0 Å². The van der Waals surface area contributed by atoms with Gasteiger partial charge in [-0.1, -0.05) is 19.4 Å². The maximum Gasteiger partial charge on any atom is 0.333 e. The van der Waals surface area contributed by atoms with Gasteiger partial charge >= 0.3 is 5.69 Å². The van der Waals surface area contributed by atoms with Crippen LogP contribution in [-0.2, 0) is 0 Å². The van der Waals surface area contributed by atoms with Gasteiger partial charge in [0.1, 0.15) is 5.69 Å². The molecule has 0 heterocycles. The van der Waals surface area contributed by atoms with E-state index in [9.17, 15) is 10.1 Å². The Hall–Kier alpha value is -1.82. The van der Waals surface area contributed by atoms with Crippen molar-refractivity contribution in [3.05, 3.63) is 28.3 Å². The van der Waals surface area contributed by atoms with Gasteiger partial charge in [0, 0.05) is 12.6 Å². The van der Waals surface area contributed by atoms with Crippen molar-refractivity contribution < 1.29 is 9.66 Å². The van der Waals surface area contributed by atoms with Crippen LogP contribution in [0.5, 0.6) is 5.75 Å². The van der Waals surface area contributed by atoms with E-state index in [1.807, 2.05) is 6.92 Å². The molecule has 18 heavy (non-hydrogen) atoms. The third-order valence-corrected chi connectivity index (χ3v) is 2.68. The van der Waals surface area contributed by atoms with E-state index in [2.05, 4.69) is 5.32 Å². The van der Waals surface area contributed by atoms with E-state index in [-0.39, 0.29) is 17.5 Å². The van der Waals surface area contributed by atoms with Crippen molar-refractivity contribution in [3.63, 3.8) is 0 Å². The van der Waals surface area contributed by atoms with Crippen molar-refractivity contribution >= 4 is 11.4 Å². The first-order chi connectivity index (χ1) is 8.63. The van der Waals surface area contributed by atoms with Crippen LogP contribution in [0.15, 0.2) is 18.2 Å². The van der Waals surface area contributed by atoms with Crippen LogP contribution in [0, 0.1) is 10.1 Å². The molecule has 0 aliphatic rings. The van der Waals surface area contributed by atoms with Crippen molar-refractivity contribution in [2.24, 2.45) is 5.73 Å². The number of ether oxygens (including phenoxy) is 1. The van der Waals surface area contributed by atoms with Gasteiger partial charge in [-0.2, -0.15) is 0 Å². The zero-order valence-electron chi connectivity index (χ0n) is 10.7. The number of hydrogen-bond donors (Lipinski definition) is 2. The molecule has 0 fully saturated rings. The Balaban J connectivity index is 3.03. The molecule has 0 amide bonds. The lowest BCUT2D eigenvalue weighted by atomic mass is 10.1. The SMILES string of the molecule is CCCC(CN)Nc1cccc(OC)c1[N+](=O)[O-]. The normalized spacial score (nSPS) is 11.9. The van der Waals surface area contributed by atoms with Crippen molar-refractivity contribution in [1.82, 2.24) is 0 Å². The summed E-state index contributed by atoms with van der Waals surface area (Å²) in [5, 5.41) is 14.2. The summed E-state index contributed by atoms with van der Waals surface area (Å²) < 4.78 is 5.01. The Morgan fingerprint density at radius 1 is 1.56 bits per heavy atom. The Bertz CT molecular complexity index is 410. The van der Waals surface area contributed by atoms with Crippen LogP contribution in [0.1, 0.15) is 19.8 Å². The molecule has 0 aliphatic carbocycles. The smallest absolute Gasteiger partial charge is 0.333 e. The van der Waals surface area contributed by atoms with Gasteiger partial charge in [-0.3, -0.25) is 10.1 Å². The number of nitrogens with one attached hydrogen (secondary N) is 1. The molecule has 0 saturated carbocycles. The summed E-state index contributed by atoms with van der Waals surface area (Å²) in [6, 6.07) is 4.98. The van der Waals surface area contributed by atoms with E-state index < -0.39 is 4.92 Å². The van der Waals surface area contributed by atoms with E-state index in [0.29, 0.717) is 12.2 Å². The average molecular weight is 253 g/mol. The number of anilines is 1. The topological polar surface area (TPSA) is 90.4 Å². The molecule has 0 aromatic heterocycles. The molecule has 1 aromatic carbocycles. The van der Waals surface area contributed by atoms with Crippen LogP contribution in [0.3, 0.4) is 0 Å². The van der Waals surface area contributed by atoms with Crippen LogP contribution in [0.2, 0.25) is 0 Å². The molecular formula is C12H19N3O3. The second-order valence-corrected chi connectivity index (χ2v) is 3.98. The highest BCUT2D eigenvalue weighted by atomic mass is 16.6. The van der Waals surface area contributed by atoms with Crippen molar-refractivity contribution in [2.75, 3.05) is 19.0 Å². The zero-order chi connectivity index (χ0) is 13.5. The van der Waals surface area contributed by atoms with E-state index in [1.165, 1.54) is 7.11 Å². The van der Waals surface area contributed by atoms with Gasteiger partial charge in [-0.05, 0) is 18.6 Å². The van der Waals surface area contributed by atoms with Crippen LogP contribution in [-0.4, -0.2) is 24.6 Å². The summed E-state index contributed by atoms with van der Waals surface area (Å²) >= 11 is 0. The quantitative estimate of drug-likeness (QED) is 0.574. The fourth-order valence-electron chi connectivity index (χ4n) is 1.81. The third-order valence-electron chi connectivity index (χ3n) is 2.68. The minimum absolute atomic E-state index is 0.0285. The monoisotopic (exact) mass is 253 g/mol. The number of nitro benzene ring substituents is 1. The molecule has 0 spiro atoms. The number of hydrogen-bond acceptors (Lipinski definition) is 5. The second-order valence-electron chi connectivity index (χ2n) is 3.98.